The van der Waals surface area contributed by atoms with Gasteiger partial charge in [0.25, 0.3) is 0 Å². The number of aliphatic hydroxyl groups excluding tert-OH is 2. The molecule has 0 heterocycles. The molecule has 94 valence electrons. The molecule has 0 atom stereocenters. The third-order valence-corrected chi connectivity index (χ3v) is 3.41. The Morgan fingerprint density at radius 3 is 2.71 bits per heavy atom. The van der Waals surface area contributed by atoms with Gasteiger partial charge in [-0.2, -0.15) is 0 Å². The summed E-state index contributed by atoms with van der Waals surface area (Å²) >= 11 is 0. The molecule has 1 saturated carbocycles. The average Bonchev–Trinajstić information content (AvgIpc) is 2.26. The molecule has 1 aromatic carbocycles. The fourth-order valence-electron chi connectivity index (χ4n) is 2.40. The first-order valence-corrected chi connectivity index (χ1v) is 5.89. The number of benzene rings is 1. The third-order valence-electron chi connectivity index (χ3n) is 3.41. The van der Waals surface area contributed by atoms with Gasteiger partial charge >= 0.3 is 0 Å². The Hall–Kier alpha value is -1.13. The minimum Gasteiger partial charge on any atom is -0.393 e. The van der Waals surface area contributed by atoms with E-state index in [1.165, 1.54) is 6.07 Å². The minimum absolute atomic E-state index is 0.168. The highest BCUT2D eigenvalue weighted by atomic mass is 19.1. The predicted molar refractivity (Wildman–Crippen MR) is 64.3 cm³/mol. The van der Waals surface area contributed by atoms with E-state index in [1.807, 2.05) is 18.0 Å². The van der Waals surface area contributed by atoms with E-state index in [9.17, 15) is 14.6 Å². The SMILES string of the molecule is CN(CC1CC(O)C1)c1cccc(F)c1CO. The quantitative estimate of drug-likeness (QED) is 0.837. The first-order chi connectivity index (χ1) is 8.11. The van der Waals surface area contributed by atoms with Crippen molar-refractivity contribution >= 4 is 5.69 Å². The van der Waals surface area contributed by atoms with Crippen LogP contribution in [-0.4, -0.2) is 29.9 Å². The zero-order valence-electron chi connectivity index (χ0n) is 9.93. The first kappa shape index (κ1) is 12.3. The van der Waals surface area contributed by atoms with Gasteiger partial charge in [-0.1, -0.05) is 6.07 Å². The van der Waals surface area contributed by atoms with Gasteiger partial charge in [-0.05, 0) is 30.9 Å². The van der Waals surface area contributed by atoms with Gasteiger partial charge in [-0.3, -0.25) is 0 Å². The Kier molecular flexibility index (Phi) is 3.64. The largest absolute Gasteiger partial charge is 0.393 e. The van der Waals surface area contributed by atoms with Crippen LogP contribution in [0, 0.1) is 11.7 Å². The number of hydrogen-bond donors (Lipinski definition) is 2. The van der Waals surface area contributed by atoms with Crippen LogP contribution in [0.3, 0.4) is 0 Å². The molecule has 4 heteroatoms. The summed E-state index contributed by atoms with van der Waals surface area (Å²) in [5.74, 6) is 0.0929. The maximum atomic E-state index is 13.5. The molecule has 0 spiro atoms. The number of aliphatic hydroxyl groups is 2. The van der Waals surface area contributed by atoms with E-state index in [1.54, 1.807) is 6.07 Å². The highest BCUT2D eigenvalue weighted by Gasteiger charge is 2.28. The maximum absolute atomic E-state index is 13.5. The number of halogens is 1. The minimum atomic E-state index is -0.370. The van der Waals surface area contributed by atoms with Crippen LogP contribution in [0.15, 0.2) is 18.2 Å². The summed E-state index contributed by atoms with van der Waals surface area (Å²) in [5.41, 5.74) is 1.07. The molecule has 2 rings (SSSR count). The standard InChI is InChI=1S/C13H18FNO2/c1-15(7-9-5-10(17)6-9)13-4-2-3-12(14)11(13)8-16/h2-4,9-10,16-17H,5-8H2,1H3. The molecule has 0 saturated heterocycles. The molecule has 0 aromatic heterocycles. The van der Waals surface area contributed by atoms with Gasteiger partial charge in [-0.25, -0.2) is 4.39 Å². The fourth-order valence-corrected chi connectivity index (χ4v) is 2.40. The van der Waals surface area contributed by atoms with E-state index in [0.29, 0.717) is 11.5 Å². The van der Waals surface area contributed by atoms with Gasteiger partial charge in [0, 0.05) is 24.8 Å². The summed E-state index contributed by atoms with van der Waals surface area (Å²) in [6.07, 6.45) is 1.46. The molecule has 17 heavy (non-hydrogen) atoms. The molecule has 3 nitrogen and oxygen atoms in total. The summed E-state index contributed by atoms with van der Waals surface area (Å²) in [4.78, 5) is 1.95. The number of nitrogens with zero attached hydrogens (tertiary/aromatic N) is 1. The molecule has 1 aromatic rings. The molecule has 0 amide bonds. The van der Waals surface area contributed by atoms with Crippen molar-refractivity contribution in [3.05, 3.63) is 29.6 Å². The van der Waals surface area contributed by atoms with E-state index in [4.69, 9.17) is 0 Å². The Labute approximate surface area is 100 Å². The molecule has 0 bridgehead atoms. The van der Waals surface area contributed by atoms with Gasteiger partial charge < -0.3 is 15.1 Å². The van der Waals surface area contributed by atoms with Crippen molar-refractivity contribution in [3.63, 3.8) is 0 Å². The van der Waals surface area contributed by atoms with Crippen LogP contribution >= 0.6 is 0 Å². The van der Waals surface area contributed by atoms with E-state index in [0.717, 1.165) is 25.1 Å². The van der Waals surface area contributed by atoms with Crippen molar-refractivity contribution in [2.24, 2.45) is 5.92 Å². The van der Waals surface area contributed by atoms with E-state index < -0.39 is 0 Å². The highest BCUT2D eigenvalue weighted by Crippen LogP contribution is 2.30. The molecule has 0 aliphatic heterocycles. The topological polar surface area (TPSA) is 43.7 Å². The highest BCUT2D eigenvalue weighted by molar-refractivity contribution is 5.53. The lowest BCUT2D eigenvalue weighted by Gasteiger charge is -2.35. The molecule has 2 N–H and O–H groups in total. The third kappa shape index (κ3) is 2.58. The summed E-state index contributed by atoms with van der Waals surface area (Å²) in [6.45, 7) is 0.493. The van der Waals surface area contributed by atoms with Crippen molar-refractivity contribution in [1.29, 1.82) is 0 Å². The van der Waals surface area contributed by atoms with Crippen LogP contribution in [0.4, 0.5) is 10.1 Å². The van der Waals surface area contributed by atoms with Gasteiger partial charge in [-0.15, -0.1) is 0 Å². The van der Waals surface area contributed by atoms with Crippen LogP contribution in [0.5, 0.6) is 0 Å². The monoisotopic (exact) mass is 239 g/mol. The smallest absolute Gasteiger partial charge is 0.130 e. The second-order valence-corrected chi connectivity index (χ2v) is 4.77. The van der Waals surface area contributed by atoms with Crippen molar-refractivity contribution in [2.75, 3.05) is 18.5 Å². The van der Waals surface area contributed by atoms with Crippen LogP contribution in [0.25, 0.3) is 0 Å². The molecule has 1 aliphatic carbocycles. The Morgan fingerprint density at radius 1 is 1.41 bits per heavy atom. The zero-order chi connectivity index (χ0) is 12.4. The first-order valence-electron chi connectivity index (χ1n) is 5.89. The van der Waals surface area contributed by atoms with Gasteiger partial charge in [0.05, 0.1) is 12.7 Å². The summed E-state index contributed by atoms with van der Waals surface area (Å²) in [7, 11) is 1.89. The predicted octanol–water partition coefficient (Wildman–Crippen LogP) is 1.53. The Morgan fingerprint density at radius 2 is 2.12 bits per heavy atom. The second-order valence-electron chi connectivity index (χ2n) is 4.77. The summed E-state index contributed by atoms with van der Waals surface area (Å²) in [6, 6.07) is 4.82. The summed E-state index contributed by atoms with van der Waals surface area (Å²) < 4.78 is 13.5. The van der Waals surface area contributed by atoms with E-state index >= 15 is 0 Å². The van der Waals surface area contributed by atoms with Gasteiger partial charge in [0.15, 0.2) is 0 Å². The van der Waals surface area contributed by atoms with Gasteiger partial charge in [0.2, 0.25) is 0 Å². The van der Waals surface area contributed by atoms with Crippen LogP contribution in [-0.2, 0) is 6.61 Å². The van der Waals surface area contributed by atoms with Crippen molar-refractivity contribution in [1.82, 2.24) is 0 Å². The lowest BCUT2D eigenvalue weighted by Crippen LogP contribution is -2.37. The lowest BCUT2D eigenvalue weighted by molar-refractivity contribution is 0.0464. The maximum Gasteiger partial charge on any atom is 0.130 e. The Balaban J connectivity index is 2.08. The van der Waals surface area contributed by atoms with E-state index in [2.05, 4.69) is 0 Å². The molecule has 0 radical (unpaired) electrons. The molecular weight excluding hydrogens is 221 g/mol. The van der Waals surface area contributed by atoms with Crippen LogP contribution in [0.2, 0.25) is 0 Å². The van der Waals surface area contributed by atoms with Gasteiger partial charge in [0.1, 0.15) is 5.82 Å². The van der Waals surface area contributed by atoms with E-state index in [-0.39, 0.29) is 18.5 Å². The van der Waals surface area contributed by atoms with Crippen LogP contribution < -0.4 is 4.90 Å². The van der Waals surface area contributed by atoms with Crippen molar-refractivity contribution < 1.29 is 14.6 Å². The van der Waals surface area contributed by atoms with Crippen LogP contribution in [0.1, 0.15) is 18.4 Å². The van der Waals surface area contributed by atoms with Crippen molar-refractivity contribution in [2.45, 2.75) is 25.6 Å². The average molecular weight is 239 g/mol. The Bertz CT molecular complexity index is 391. The normalized spacial score (nSPS) is 23.3. The number of anilines is 1. The molecule has 1 fully saturated rings. The number of rotatable bonds is 4. The fraction of sp³-hybridized carbons (Fsp3) is 0.538. The summed E-state index contributed by atoms with van der Waals surface area (Å²) in [5, 5.41) is 18.4. The number of hydrogen-bond acceptors (Lipinski definition) is 3. The second kappa shape index (κ2) is 5.02. The lowest BCUT2D eigenvalue weighted by atomic mass is 9.82. The molecular formula is C13H18FNO2. The molecule has 0 unspecified atom stereocenters. The van der Waals surface area contributed by atoms with Crippen molar-refractivity contribution in [3.8, 4) is 0 Å². The zero-order valence-corrected chi connectivity index (χ0v) is 9.93. The molecule has 1 aliphatic rings.